The number of sulfone groups is 1. The smallest absolute Gasteiger partial charge is 0.872 e. The van der Waals surface area contributed by atoms with E-state index in [2.05, 4.69) is 14.3 Å². The van der Waals surface area contributed by atoms with Crippen LogP contribution in [0.2, 0.25) is 0 Å². The van der Waals surface area contributed by atoms with Crippen LogP contribution in [0.3, 0.4) is 0 Å². The van der Waals surface area contributed by atoms with Crippen molar-refractivity contribution in [2.45, 2.75) is 11.3 Å². The molecule has 3 rings (SSSR count). The number of allylic oxidation sites excluding steroid dienone is 3. The van der Waals surface area contributed by atoms with Gasteiger partial charge in [0.15, 0.2) is 9.84 Å². The summed E-state index contributed by atoms with van der Waals surface area (Å²) in [6.45, 7) is -0.786. The first-order valence-corrected chi connectivity index (χ1v) is 17.1. The number of nitrogens with zero attached hydrogens (tertiary/aromatic N) is 2. The molecule has 0 unspecified atom stereocenters. The van der Waals surface area contributed by atoms with E-state index in [0.717, 1.165) is 30.4 Å². The summed E-state index contributed by atoms with van der Waals surface area (Å²) in [6, 6.07) is 5.69. The van der Waals surface area contributed by atoms with Crippen molar-refractivity contribution < 1.29 is 88.1 Å². The summed E-state index contributed by atoms with van der Waals surface area (Å²) in [4.78, 5) is 24.3. The van der Waals surface area contributed by atoms with Crippen LogP contribution in [-0.4, -0.2) is 87.6 Å². The van der Waals surface area contributed by atoms with Gasteiger partial charge in [-0.1, -0.05) is 17.9 Å². The molecule has 1 aliphatic rings. The first-order valence-electron chi connectivity index (χ1n) is 11.1. The Hall–Kier alpha value is -3.34. The monoisotopic (exact) mass is 744 g/mol. The zero-order chi connectivity index (χ0) is 32.8. The van der Waals surface area contributed by atoms with Crippen LogP contribution in [0, 0.1) is 0 Å². The molecule has 0 spiro atoms. The van der Waals surface area contributed by atoms with Crippen molar-refractivity contribution >= 4 is 74.3 Å². The van der Waals surface area contributed by atoms with Gasteiger partial charge < -0.3 is 20.5 Å². The molecule has 1 radical (unpaired) electrons. The molecule has 1 amide bonds. The van der Waals surface area contributed by atoms with Crippen LogP contribution < -0.4 is 10.4 Å². The molecule has 1 aliphatic carbocycles. The van der Waals surface area contributed by atoms with Crippen molar-refractivity contribution in [1.82, 2.24) is 0 Å². The molecule has 0 atom stereocenters. The van der Waals surface area contributed by atoms with Crippen molar-refractivity contribution in [3.63, 3.8) is 0 Å². The number of rotatable bonds is 10. The number of ketones is 1. The van der Waals surface area contributed by atoms with E-state index in [1.807, 2.05) is 0 Å². The number of hydrogen-bond donors (Lipinski definition) is 3. The zero-order valence-corrected chi connectivity index (χ0v) is 25.7. The van der Waals surface area contributed by atoms with E-state index in [-0.39, 0.29) is 38.4 Å². The van der Waals surface area contributed by atoms with Crippen molar-refractivity contribution in [2.24, 2.45) is 0 Å². The van der Waals surface area contributed by atoms with Crippen LogP contribution in [0.25, 0.3) is 16.3 Å². The second-order valence-electron chi connectivity index (χ2n) is 8.19. The molecule has 0 heterocycles. The van der Waals surface area contributed by atoms with Gasteiger partial charge in [0, 0.05) is 12.1 Å². The second kappa shape index (κ2) is 15.1. The van der Waals surface area contributed by atoms with Crippen LogP contribution in [0.5, 0.6) is 5.75 Å². The SMILES string of the molecule is O=C(CCS(=O)(=O)O)Nc1ccc2c([O-])cc(S(=O)(=O)[O-])cc2c1.[Cu+2].[N-]=[N+]=C1C=C(S(=O)(=O)CCOS(=O)(=O)O)C=CC1=O. The molecular weight excluding hydrogens is 726 g/mol. The van der Waals surface area contributed by atoms with Crippen molar-refractivity contribution in [2.75, 3.05) is 23.4 Å². The molecule has 44 heavy (non-hydrogen) atoms. The quantitative estimate of drug-likeness (QED) is 0.0859. The van der Waals surface area contributed by atoms with Crippen LogP contribution in [0.4, 0.5) is 5.69 Å². The minimum Gasteiger partial charge on any atom is -0.872 e. The first kappa shape index (κ1) is 38.7. The molecule has 3 N–H and O–H groups in total. The average Bonchev–Trinajstić information content (AvgIpc) is 2.86. The van der Waals surface area contributed by atoms with Gasteiger partial charge in [0.2, 0.25) is 5.91 Å². The molecule has 0 fully saturated rings. The van der Waals surface area contributed by atoms with E-state index >= 15 is 0 Å². The Morgan fingerprint density at radius 2 is 1.61 bits per heavy atom. The van der Waals surface area contributed by atoms with E-state index < -0.39 is 93.1 Å². The normalized spacial score (nSPS) is 13.7. The second-order valence-corrected chi connectivity index (χ2v) is 14.3. The Labute approximate surface area is 260 Å². The van der Waals surface area contributed by atoms with E-state index in [0.29, 0.717) is 0 Å². The van der Waals surface area contributed by atoms with Gasteiger partial charge in [-0.3, -0.25) is 18.7 Å². The fourth-order valence-corrected chi connectivity index (χ4v) is 5.58. The summed E-state index contributed by atoms with van der Waals surface area (Å²) < 4.78 is 119. The predicted molar refractivity (Wildman–Crippen MR) is 143 cm³/mol. The number of anilines is 1. The van der Waals surface area contributed by atoms with Crippen molar-refractivity contribution in [3.8, 4) is 5.75 Å². The third-order valence-corrected chi connectivity index (χ3v) is 8.70. The molecule has 0 bridgehead atoms. The largest absolute Gasteiger partial charge is 2.00 e. The molecule has 0 aromatic heterocycles. The Morgan fingerprint density at radius 3 is 2.16 bits per heavy atom. The fraction of sp³-hybridized carbons (Fsp3) is 0.190. The zero-order valence-electron chi connectivity index (χ0n) is 21.5. The van der Waals surface area contributed by atoms with E-state index in [9.17, 15) is 52.9 Å². The number of amides is 1. The van der Waals surface area contributed by atoms with Gasteiger partial charge in [-0.2, -0.15) is 21.6 Å². The van der Waals surface area contributed by atoms with Crippen LogP contribution in [-0.2, 0) is 71.3 Å². The Balaban J connectivity index is 0.000000442. The fourth-order valence-electron chi connectivity index (χ4n) is 3.11. The maximum absolute atomic E-state index is 11.8. The third kappa shape index (κ3) is 12.3. The standard InChI is InChI=1S/C13H13NO8S2.C8H8N2O7S2.Cu/c15-12-7-10(24(20,21)22)6-8-5-9(1-2-11(8)12)14-13(16)3-4-23(17,18)19;9-10-7-5-6(1-2-8(7)11)18(12,13)4-3-17-19(14,15)16;/h1-2,5-7,15H,3-4H2,(H,14,16)(H,17,18,19)(H,20,21,22);1-2,5H,3-4H2,(H,14,15,16);/q;;+2/p-2. The first-order chi connectivity index (χ1) is 19.6. The minimum atomic E-state index is -4.81. The summed E-state index contributed by atoms with van der Waals surface area (Å²) in [5, 5.41) is 14.4. The van der Waals surface area contributed by atoms with Gasteiger partial charge in [0.1, 0.15) is 10.1 Å². The Bertz CT molecular complexity index is 2020. The van der Waals surface area contributed by atoms with Crippen LogP contribution >= 0.6 is 0 Å². The number of carbonyl (C=O) groups excluding carboxylic acids is 2. The summed E-state index contributed by atoms with van der Waals surface area (Å²) in [5.41, 5.74) is 8.19. The van der Waals surface area contributed by atoms with Gasteiger partial charge in [0.05, 0.1) is 34.0 Å². The van der Waals surface area contributed by atoms with E-state index in [1.54, 1.807) is 0 Å². The number of benzene rings is 2. The summed E-state index contributed by atoms with van der Waals surface area (Å²) in [5.74, 6) is -3.53. The molecule has 2 aromatic carbocycles. The average molecular weight is 745 g/mol. The van der Waals surface area contributed by atoms with Gasteiger partial charge in [-0.25, -0.2) is 21.0 Å². The minimum absolute atomic E-state index is 0. The summed E-state index contributed by atoms with van der Waals surface area (Å²) >= 11 is 0. The molecule has 2 aromatic rings. The van der Waals surface area contributed by atoms with Crippen LogP contribution in [0.1, 0.15) is 6.42 Å². The van der Waals surface area contributed by atoms with Crippen LogP contribution in [0.15, 0.2) is 58.4 Å². The molecule has 23 heteroatoms. The Morgan fingerprint density at radius 1 is 0.977 bits per heavy atom. The summed E-state index contributed by atoms with van der Waals surface area (Å²) in [6.07, 6.45) is 2.23. The number of fused-ring (bicyclic) bond motifs is 1. The summed E-state index contributed by atoms with van der Waals surface area (Å²) in [7, 11) is -17.8. The van der Waals surface area contributed by atoms with Gasteiger partial charge in [-0.15, -0.1) is 0 Å². The maximum Gasteiger partial charge on any atom is 2.00 e. The predicted octanol–water partition coefficient (Wildman–Crippen LogP) is -1.05. The van der Waals surface area contributed by atoms with Gasteiger partial charge >= 0.3 is 33.2 Å². The van der Waals surface area contributed by atoms with Gasteiger partial charge in [-0.05, 0) is 41.1 Å². The number of nitrogens with one attached hydrogen (secondary N) is 1. The van der Waals surface area contributed by atoms with Crippen molar-refractivity contribution in [1.29, 1.82) is 0 Å². The topological polar surface area (TPSA) is 315 Å². The number of carbonyl (C=O) groups is 2. The van der Waals surface area contributed by atoms with Crippen molar-refractivity contribution in [3.05, 3.63) is 59.0 Å². The number of hydrogen-bond acceptors (Lipinski definition) is 13. The maximum atomic E-state index is 11.8. The molecule has 0 saturated heterocycles. The molecule has 243 valence electrons. The molecule has 0 aliphatic heterocycles. The van der Waals surface area contributed by atoms with Gasteiger partial charge in [0.25, 0.3) is 15.9 Å². The molecule has 0 saturated carbocycles. The van der Waals surface area contributed by atoms with E-state index in [4.69, 9.17) is 14.6 Å². The van der Waals surface area contributed by atoms with E-state index in [1.165, 1.54) is 18.2 Å². The molecule has 18 nitrogen and oxygen atoms in total. The Kier molecular flexibility index (Phi) is 13.3. The third-order valence-electron chi connectivity index (χ3n) is 5.03. The molecular formula is C21H19CuN3O15S4.